The fourth-order valence-corrected chi connectivity index (χ4v) is 4.11. The van der Waals surface area contributed by atoms with E-state index in [0.29, 0.717) is 12.0 Å². The van der Waals surface area contributed by atoms with Gasteiger partial charge in [0.1, 0.15) is 18.7 Å². The number of carboxylic acids is 2. The smallest absolute Gasteiger partial charge is 0.408 e. The molecule has 0 unspecified atom stereocenters. The Morgan fingerprint density at radius 3 is 2.45 bits per heavy atom. The number of hydrogen-bond acceptors (Lipinski definition) is 9. The van der Waals surface area contributed by atoms with Crippen molar-refractivity contribution in [2.24, 2.45) is 16.5 Å². The lowest BCUT2D eigenvalue weighted by molar-refractivity contribution is -0.640. The quantitative estimate of drug-likeness (QED) is 0.0615. The zero-order valence-electron chi connectivity index (χ0n) is 21.4. The number of carbonyl (C=O) groups is 5. The molecule has 17 heteroatoms. The van der Waals surface area contributed by atoms with Crippen LogP contribution in [0.3, 0.4) is 0 Å². The zero-order chi connectivity index (χ0) is 29.8. The van der Waals surface area contributed by atoms with E-state index in [9.17, 15) is 44.3 Å². The minimum absolute atomic E-state index is 0.0252. The molecule has 7 N–H and O–H groups in total. The van der Waals surface area contributed by atoms with Crippen LogP contribution in [0.2, 0.25) is 0 Å². The van der Waals surface area contributed by atoms with Crippen molar-refractivity contribution in [2.75, 3.05) is 13.1 Å². The minimum Gasteiger partial charge on any atom is -0.481 e. The van der Waals surface area contributed by atoms with E-state index >= 15 is 0 Å². The molecule has 0 spiro atoms. The first-order valence-electron chi connectivity index (χ1n) is 12.2. The van der Waals surface area contributed by atoms with Crippen molar-refractivity contribution in [3.63, 3.8) is 0 Å². The van der Waals surface area contributed by atoms with E-state index in [4.69, 9.17) is 16.2 Å². The Morgan fingerprint density at radius 2 is 1.88 bits per heavy atom. The number of hydrazine groups is 1. The molecule has 0 radical (unpaired) electrons. The van der Waals surface area contributed by atoms with Crippen LogP contribution >= 0.6 is 0 Å². The number of nitrogens with zero attached hydrogens (tertiary/aromatic N) is 4. The van der Waals surface area contributed by atoms with E-state index in [2.05, 4.69) is 4.99 Å². The highest BCUT2D eigenvalue weighted by atomic mass is 16.7. The summed E-state index contributed by atoms with van der Waals surface area (Å²) in [7, 11) is 0. The lowest BCUT2D eigenvalue weighted by Gasteiger charge is -2.30. The van der Waals surface area contributed by atoms with Crippen LogP contribution in [0.4, 0.5) is 4.79 Å². The van der Waals surface area contributed by atoms with Crippen molar-refractivity contribution >= 4 is 35.8 Å². The molecule has 17 nitrogen and oxygen atoms in total. The normalized spacial score (nSPS) is 15.8. The number of nitrogens with two attached hydrogens (primary N) is 2. The average molecular weight is 566 g/mol. The molecule has 3 amide bonds. The molecule has 0 aliphatic carbocycles. The Hall–Kier alpha value is -4.96. The Labute approximate surface area is 227 Å². The second-order valence-electron chi connectivity index (χ2n) is 8.77. The number of hydrogen-bond donors (Lipinski definition) is 5. The molecule has 1 aliphatic heterocycles. The number of guanidine groups is 1. The molecule has 2 rings (SSSR count). The summed E-state index contributed by atoms with van der Waals surface area (Å²) < 4.78 is 5.00. The molecule has 1 saturated heterocycles. The van der Waals surface area contributed by atoms with Gasteiger partial charge in [0.15, 0.2) is 17.0 Å². The SMILES string of the molecule is NC(N)=NCCC[C@@H](C(=O)N1CCC[C@H]1C(=O)O)N(C(=O)[C@H](CC(=O)O)NC(=O)OCc1ccccc1)[N+](=O)[O-]. The highest BCUT2D eigenvalue weighted by Gasteiger charge is 2.47. The summed E-state index contributed by atoms with van der Waals surface area (Å²) in [5.41, 5.74) is 11.1. The van der Waals surface area contributed by atoms with Crippen LogP contribution in [-0.4, -0.2) is 92.2 Å². The number of aliphatic carboxylic acids is 2. The fraction of sp³-hybridized carbons (Fsp3) is 0.478. The van der Waals surface area contributed by atoms with E-state index in [-0.39, 0.29) is 49.9 Å². The highest BCUT2D eigenvalue weighted by molar-refractivity contribution is 5.94. The lowest BCUT2D eigenvalue weighted by Crippen LogP contribution is -2.59. The molecule has 0 aromatic heterocycles. The van der Waals surface area contributed by atoms with Crippen molar-refractivity contribution in [2.45, 2.75) is 56.8 Å². The van der Waals surface area contributed by atoms with Gasteiger partial charge in [-0.05, 0) is 36.3 Å². The number of amides is 3. The molecule has 1 heterocycles. The van der Waals surface area contributed by atoms with E-state index in [1.807, 2.05) is 5.32 Å². The van der Waals surface area contributed by atoms with Gasteiger partial charge in [0.05, 0.1) is 6.42 Å². The predicted octanol–water partition coefficient (Wildman–Crippen LogP) is -0.726. The van der Waals surface area contributed by atoms with Crippen LogP contribution in [0.5, 0.6) is 0 Å². The number of nitro groups is 1. The summed E-state index contributed by atoms with van der Waals surface area (Å²) in [4.78, 5) is 79.0. The fourth-order valence-electron chi connectivity index (χ4n) is 4.11. The van der Waals surface area contributed by atoms with Gasteiger partial charge in [-0.2, -0.15) is 0 Å². The molecule has 40 heavy (non-hydrogen) atoms. The van der Waals surface area contributed by atoms with Crippen LogP contribution < -0.4 is 16.8 Å². The van der Waals surface area contributed by atoms with Crippen molar-refractivity contribution in [1.82, 2.24) is 15.2 Å². The van der Waals surface area contributed by atoms with Crippen LogP contribution in [0, 0.1) is 10.1 Å². The number of likely N-dealkylation sites (tertiary alicyclic amines) is 1. The standard InChI is InChI=1S/C23H31N7O10/c24-22(25)26-10-4-8-16(20(34)28-11-5-9-17(28)21(35)36)29(30(38)39)19(33)15(12-18(31)32)27-23(37)40-13-14-6-2-1-3-7-14/h1-3,6-7,15-17H,4-5,8-13H2,(H,27,37)(H,31,32)(H,35,36)(H4,24,25,26)/t15-,16-,17-/m0/s1. The van der Waals surface area contributed by atoms with Crippen molar-refractivity contribution in [1.29, 1.82) is 0 Å². The third-order valence-corrected chi connectivity index (χ3v) is 5.91. The van der Waals surface area contributed by atoms with Crippen LogP contribution in [-0.2, 0) is 30.5 Å². The summed E-state index contributed by atoms with van der Waals surface area (Å²) in [6.07, 6.45) is -2.29. The Balaban J connectivity index is 2.33. The monoisotopic (exact) mass is 565 g/mol. The summed E-state index contributed by atoms with van der Waals surface area (Å²) in [5, 5.41) is 31.6. The lowest BCUT2D eigenvalue weighted by atomic mass is 10.1. The molecule has 0 saturated carbocycles. The molecule has 0 bridgehead atoms. The number of carboxylic acid groups (broad SMARTS) is 2. The number of aliphatic imine (C=N–C) groups is 1. The van der Waals surface area contributed by atoms with Gasteiger partial charge in [-0.1, -0.05) is 30.3 Å². The second-order valence-corrected chi connectivity index (χ2v) is 8.77. The molecule has 218 valence electrons. The molecular formula is C23H31N7O10. The van der Waals surface area contributed by atoms with Gasteiger partial charge in [-0.3, -0.25) is 19.4 Å². The maximum absolute atomic E-state index is 13.4. The Bertz CT molecular complexity index is 1130. The molecular weight excluding hydrogens is 534 g/mol. The second kappa shape index (κ2) is 14.8. The molecule has 3 atom stereocenters. The first-order valence-corrected chi connectivity index (χ1v) is 12.2. The van der Waals surface area contributed by atoms with Gasteiger partial charge >= 0.3 is 23.9 Å². The van der Waals surface area contributed by atoms with E-state index < -0.39 is 59.4 Å². The Kier molecular flexibility index (Phi) is 11.6. The summed E-state index contributed by atoms with van der Waals surface area (Å²) in [5.74, 6) is -5.73. The zero-order valence-corrected chi connectivity index (χ0v) is 21.4. The molecule has 1 aromatic rings. The number of rotatable bonds is 14. The first kappa shape index (κ1) is 31.3. The van der Waals surface area contributed by atoms with Crippen LogP contribution in [0.15, 0.2) is 35.3 Å². The number of nitrogens with one attached hydrogen (secondary N) is 1. The van der Waals surface area contributed by atoms with Crippen molar-refractivity contribution < 1.29 is 44.0 Å². The Morgan fingerprint density at radius 1 is 1.20 bits per heavy atom. The summed E-state index contributed by atoms with van der Waals surface area (Å²) >= 11 is 0. The predicted molar refractivity (Wildman–Crippen MR) is 136 cm³/mol. The van der Waals surface area contributed by atoms with E-state index in [1.54, 1.807) is 30.3 Å². The van der Waals surface area contributed by atoms with Gasteiger partial charge in [0.2, 0.25) is 0 Å². The molecule has 1 fully saturated rings. The van der Waals surface area contributed by atoms with Gasteiger partial charge in [-0.25, -0.2) is 19.7 Å². The van der Waals surface area contributed by atoms with Crippen molar-refractivity contribution in [3.05, 3.63) is 46.0 Å². The van der Waals surface area contributed by atoms with E-state index in [1.165, 1.54) is 0 Å². The van der Waals surface area contributed by atoms with E-state index in [0.717, 1.165) is 4.90 Å². The maximum Gasteiger partial charge on any atom is 0.408 e. The number of benzene rings is 1. The highest BCUT2D eigenvalue weighted by Crippen LogP contribution is 2.23. The minimum atomic E-state index is -1.99. The first-order chi connectivity index (χ1) is 18.9. The maximum atomic E-state index is 13.4. The third kappa shape index (κ3) is 9.10. The van der Waals surface area contributed by atoms with Gasteiger partial charge in [0, 0.05) is 13.1 Å². The van der Waals surface area contributed by atoms with Crippen LogP contribution in [0.1, 0.15) is 37.7 Å². The van der Waals surface area contributed by atoms with Gasteiger partial charge in [-0.15, -0.1) is 0 Å². The number of ether oxygens (including phenoxy) is 1. The van der Waals surface area contributed by atoms with Gasteiger partial charge < -0.3 is 36.6 Å². The molecule has 1 aromatic carbocycles. The summed E-state index contributed by atoms with van der Waals surface area (Å²) in [6, 6.07) is 3.27. The average Bonchev–Trinajstić information content (AvgIpc) is 3.39. The largest absolute Gasteiger partial charge is 0.481 e. The van der Waals surface area contributed by atoms with Gasteiger partial charge in [0.25, 0.3) is 5.91 Å². The molecule has 1 aliphatic rings. The number of alkyl carbamates (subject to hydrolysis) is 1. The van der Waals surface area contributed by atoms with Crippen molar-refractivity contribution in [3.8, 4) is 0 Å². The third-order valence-electron chi connectivity index (χ3n) is 5.91. The summed E-state index contributed by atoms with van der Waals surface area (Å²) in [6.45, 7) is -0.337. The topological polar surface area (TPSA) is 261 Å². The van der Waals surface area contributed by atoms with Crippen LogP contribution in [0.25, 0.3) is 0 Å². The number of carbonyl (C=O) groups excluding carboxylic acids is 3.